The van der Waals surface area contributed by atoms with Crippen molar-refractivity contribution in [1.29, 1.82) is 0 Å². The Balaban J connectivity index is 0.000000423. The quantitative estimate of drug-likeness (QED) is 0.747. The summed E-state index contributed by atoms with van der Waals surface area (Å²) < 4.78 is 43.0. The fourth-order valence-corrected chi connectivity index (χ4v) is 3.65. The monoisotopic (exact) mass is 446 g/mol. The van der Waals surface area contributed by atoms with Crippen molar-refractivity contribution < 1.29 is 37.3 Å². The Labute approximate surface area is 179 Å². The van der Waals surface area contributed by atoms with E-state index in [1.165, 1.54) is 0 Å². The van der Waals surface area contributed by atoms with E-state index in [1.54, 1.807) is 7.11 Å². The van der Waals surface area contributed by atoms with Crippen molar-refractivity contribution in [3.8, 4) is 0 Å². The summed E-state index contributed by atoms with van der Waals surface area (Å²) in [5.74, 6) is -2.54. The van der Waals surface area contributed by atoms with Crippen molar-refractivity contribution in [3.05, 3.63) is 35.9 Å². The summed E-state index contributed by atoms with van der Waals surface area (Å²) >= 11 is 0. The van der Waals surface area contributed by atoms with Crippen molar-refractivity contribution in [2.24, 2.45) is 0 Å². The molecule has 0 saturated carbocycles. The predicted molar refractivity (Wildman–Crippen MR) is 107 cm³/mol. The van der Waals surface area contributed by atoms with Crippen LogP contribution in [-0.2, 0) is 25.5 Å². The van der Waals surface area contributed by atoms with Gasteiger partial charge in [-0.15, -0.1) is 0 Å². The largest absolute Gasteiger partial charge is 0.490 e. The SMILES string of the molecule is COCCN1CCC2(CC1)CN(C(=O)Cc1ccccc1)CCO2.O=C(O)C(F)(F)F. The predicted octanol–water partition coefficient (Wildman–Crippen LogP) is 2.20. The van der Waals surface area contributed by atoms with Gasteiger partial charge in [0.1, 0.15) is 0 Å². The van der Waals surface area contributed by atoms with Gasteiger partial charge < -0.3 is 24.4 Å². The Hall–Kier alpha value is -2.17. The number of benzene rings is 1. The van der Waals surface area contributed by atoms with E-state index < -0.39 is 12.1 Å². The summed E-state index contributed by atoms with van der Waals surface area (Å²) in [5.41, 5.74) is 0.936. The lowest BCUT2D eigenvalue weighted by Crippen LogP contribution is -2.58. The minimum absolute atomic E-state index is 0.145. The third-order valence-corrected chi connectivity index (χ3v) is 5.42. The minimum Gasteiger partial charge on any atom is -0.475 e. The van der Waals surface area contributed by atoms with Gasteiger partial charge in [-0.1, -0.05) is 30.3 Å². The summed E-state index contributed by atoms with van der Waals surface area (Å²) in [6, 6.07) is 9.98. The van der Waals surface area contributed by atoms with Crippen LogP contribution in [0.4, 0.5) is 13.2 Å². The van der Waals surface area contributed by atoms with Crippen molar-refractivity contribution in [1.82, 2.24) is 9.80 Å². The van der Waals surface area contributed by atoms with Crippen LogP contribution in [0.25, 0.3) is 0 Å². The minimum atomic E-state index is -5.08. The summed E-state index contributed by atoms with van der Waals surface area (Å²) in [6.45, 7) is 5.88. The lowest BCUT2D eigenvalue weighted by molar-refractivity contribution is -0.192. The average Bonchev–Trinajstić information content (AvgIpc) is 2.74. The van der Waals surface area contributed by atoms with E-state index in [9.17, 15) is 18.0 Å². The van der Waals surface area contributed by atoms with E-state index in [0.717, 1.165) is 51.2 Å². The van der Waals surface area contributed by atoms with Crippen molar-refractivity contribution in [2.45, 2.75) is 31.0 Å². The number of morpholine rings is 1. The van der Waals surface area contributed by atoms with Crippen molar-refractivity contribution in [3.63, 3.8) is 0 Å². The molecule has 0 atom stereocenters. The normalized spacial score (nSPS) is 18.9. The van der Waals surface area contributed by atoms with Crippen LogP contribution in [0.5, 0.6) is 0 Å². The first-order valence-electron chi connectivity index (χ1n) is 10.1. The number of piperidine rings is 1. The van der Waals surface area contributed by atoms with Gasteiger partial charge in [0.05, 0.1) is 25.2 Å². The molecule has 0 aromatic heterocycles. The number of amides is 1. The van der Waals surface area contributed by atoms with Crippen LogP contribution in [0.3, 0.4) is 0 Å². The Morgan fingerprint density at radius 3 is 2.32 bits per heavy atom. The number of rotatable bonds is 5. The number of nitrogens with zero attached hydrogens (tertiary/aromatic N) is 2. The maximum Gasteiger partial charge on any atom is 0.490 e. The van der Waals surface area contributed by atoms with Crippen LogP contribution >= 0.6 is 0 Å². The molecule has 1 N–H and O–H groups in total. The first-order valence-corrected chi connectivity index (χ1v) is 10.1. The number of likely N-dealkylation sites (tertiary alicyclic amines) is 1. The second kappa shape index (κ2) is 11.4. The van der Waals surface area contributed by atoms with Gasteiger partial charge in [0.15, 0.2) is 0 Å². The molecule has 0 radical (unpaired) electrons. The molecule has 0 bridgehead atoms. The number of alkyl halides is 3. The molecule has 2 aliphatic heterocycles. The molecule has 7 nitrogen and oxygen atoms in total. The number of halogens is 3. The van der Waals surface area contributed by atoms with Crippen LogP contribution in [0.1, 0.15) is 18.4 Å². The highest BCUT2D eigenvalue weighted by Crippen LogP contribution is 2.30. The standard InChI is InChI=1S/C19H28N2O3.C2HF3O2/c1-23-13-11-20-9-7-19(8-10-20)16-21(12-14-24-19)18(22)15-17-5-3-2-4-6-17;3-2(4,5)1(6)7/h2-6H,7-16H2,1H3;(H,6,7). The number of methoxy groups -OCH3 is 1. The average molecular weight is 446 g/mol. The lowest BCUT2D eigenvalue weighted by Gasteiger charge is -2.47. The van der Waals surface area contributed by atoms with Crippen molar-refractivity contribution in [2.75, 3.05) is 53.0 Å². The molecule has 1 aromatic rings. The van der Waals surface area contributed by atoms with Gasteiger partial charge in [-0.25, -0.2) is 4.79 Å². The molecule has 174 valence electrons. The lowest BCUT2D eigenvalue weighted by atomic mass is 9.89. The summed E-state index contributed by atoms with van der Waals surface area (Å²) in [7, 11) is 1.74. The van der Waals surface area contributed by atoms with E-state index >= 15 is 0 Å². The highest BCUT2D eigenvalue weighted by Gasteiger charge is 2.40. The van der Waals surface area contributed by atoms with Gasteiger partial charge in [-0.05, 0) is 18.4 Å². The Morgan fingerprint density at radius 2 is 1.77 bits per heavy atom. The van der Waals surface area contributed by atoms with Gasteiger partial charge >= 0.3 is 12.1 Å². The Kier molecular flexibility index (Phi) is 9.27. The molecule has 2 fully saturated rings. The molecule has 2 saturated heterocycles. The van der Waals surface area contributed by atoms with Crippen LogP contribution in [0.15, 0.2) is 30.3 Å². The van der Waals surface area contributed by atoms with Gasteiger partial charge in [-0.3, -0.25) is 4.79 Å². The summed E-state index contributed by atoms with van der Waals surface area (Å²) in [5, 5.41) is 7.12. The molecular formula is C21H29F3N2O5. The van der Waals surface area contributed by atoms with Gasteiger partial charge in [-0.2, -0.15) is 13.2 Å². The molecule has 1 spiro atoms. The molecule has 1 amide bonds. The van der Waals surface area contributed by atoms with Crippen LogP contribution in [-0.4, -0.2) is 91.6 Å². The number of aliphatic carboxylic acids is 1. The van der Waals surface area contributed by atoms with Crippen molar-refractivity contribution >= 4 is 11.9 Å². The Bertz CT molecular complexity index is 707. The zero-order chi connectivity index (χ0) is 22.9. The molecular weight excluding hydrogens is 417 g/mol. The number of hydrogen-bond acceptors (Lipinski definition) is 5. The third kappa shape index (κ3) is 8.12. The third-order valence-electron chi connectivity index (χ3n) is 5.42. The second-order valence-electron chi connectivity index (χ2n) is 7.65. The van der Waals surface area contributed by atoms with Crippen LogP contribution in [0.2, 0.25) is 0 Å². The smallest absolute Gasteiger partial charge is 0.475 e. The Morgan fingerprint density at radius 1 is 1.16 bits per heavy atom. The highest BCUT2D eigenvalue weighted by atomic mass is 19.4. The van der Waals surface area contributed by atoms with Crippen LogP contribution in [0, 0.1) is 0 Å². The number of carboxylic acid groups (broad SMARTS) is 1. The number of carbonyl (C=O) groups is 2. The molecule has 31 heavy (non-hydrogen) atoms. The molecule has 2 heterocycles. The number of hydrogen-bond donors (Lipinski definition) is 1. The summed E-state index contributed by atoms with van der Waals surface area (Å²) in [4.78, 5) is 26.0. The maximum atomic E-state index is 12.6. The maximum absolute atomic E-state index is 12.6. The number of carbonyl (C=O) groups excluding carboxylic acids is 1. The van der Waals surface area contributed by atoms with E-state index in [4.69, 9.17) is 19.4 Å². The van der Waals surface area contributed by atoms with E-state index in [0.29, 0.717) is 19.6 Å². The first kappa shape index (κ1) is 25.1. The van der Waals surface area contributed by atoms with Gasteiger partial charge in [0.2, 0.25) is 5.91 Å². The molecule has 10 heteroatoms. The van der Waals surface area contributed by atoms with E-state index in [2.05, 4.69) is 4.90 Å². The molecule has 2 aliphatic rings. The molecule has 1 aromatic carbocycles. The van der Waals surface area contributed by atoms with E-state index in [1.807, 2.05) is 35.2 Å². The second-order valence-corrected chi connectivity index (χ2v) is 7.65. The molecule has 0 aliphatic carbocycles. The van der Waals surface area contributed by atoms with Gasteiger partial charge in [0, 0.05) is 39.8 Å². The molecule has 0 unspecified atom stereocenters. The fraction of sp³-hybridized carbons (Fsp3) is 0.619. The zero-order valence-corrected chi connectivity index (χ0v) is 17.6. The van der Waals surface area contributed by atoms with Gasteiger partial charge in [0.25, 0.3) is 0 Å². The zero-order valence-electron chi connectivity index (χ0n) is 17.6. The van der Waals surface area contributed by atoms with Crippen LogP contribution < -0.4 is 0 Å². The number of carboxylic acids is 1. The van der Waals surface area contributed by atoms with E-state index in [-0.39, 0.29) is 11.5 Å². The first-order chi connectivity index (χ1) is 14.6. The molecule has 3 rings (SSSR count). The highest BCUT2D eigenvalue weighted by molar-refractivity contribution is 5.79. The number of ether oxygens (including phenoxy) is 2. The summed E-state index contributed by atoms with van der Waals surface area (Å²) in [6.07, 6.45) is -2.62. The topological polar surface area (TPSA) is 79.3 Å². The fourth-order valence-electron chi connectivity index (χ4n) is 3.65.